The molecule has 1 aliphatic rings. The van der Waals surface area contributed by atoms with Gasteiger partial charge in [0.05, 0.1) is 11.8 Å². The van der Waals surface area contributed by atoms with Crippen LogP contribution in [-0.2, 0) is 6.42 Å². The molecule has 0 spiro atoms. The highest BCUT2D eigenvalue weighted by Crippen LogP contribution is 2.24. The monoisotopic (exact) mass is 249 g/mol. The number of hydrogen-bond donors (Lipinski definition) is 0. The number of hydrogen-bond acceptors (Lipinski definition) is 1. The number of aryl methyl sites for hydroxylation is 2. The summed E-state index contributed by atoms with van der Waals surface area (Å²) in [5.41, 5.74) is 7.71. The third kappa shape index (κ3) is 2.33. The van der Waals surface area contributed by atoms with Gasteiger partial charge in [-0.3, -0.25) is 4.99 Å². The van der Waals surface area contributed by atoms with Crippen LogP contribution in [0.15, 0.2) is 47.5 Å². The fourth-order valence-corrected chi connectivity index (χ4v) is 2.92. The average molecular weight is 249 g/mol. The van der Waals surface area contributed by atoms with Gasteiger partial charge >= 0.3 is 0 Å². The lowest BCUT2D eigenvalue weighted by atomic mass is 9.90. The molecule has 0 amide bonds. The second-order valence-electron chi connectivity index (χ2n) is 5.56. The third-order valence-electron chi connectivity index (χ3n) is 3.63. The van der Waals surface area contributed by atoms with E-state index in [4.69, 9.17) is 4.99 Å². The van der Waals surface area contributed by atoms with Crippen LogP contribution in [0, 0.1) is 13.8 Å². The van der Waals surface area contributed by atoms with Crippen molar-refractivity contribution in [1.82, 2.24) is 0 Å². The molecule has 19 heavy (non-hydrogen) atoms. The van der Waals surface area contributed by atoms with Crippen LogP contribution in [-0.4, -0.2) is 11.8 Å². The lowest BCUT2D eigenvalue weighted by Gasteiger charge is -2.21. The van der Waals surface area contributed by atoms with E-state index in [9.17, 15) is 0 Å². The van der Waals surface area contributed by atoms with Gasteiger partial charge in [-0.1, -0.05) is 41.5 Å². The lowest BCUT2D eigenvalue weighted by Crippen LogP contribution is -2.19. The van der Waals surface area contributed by atoms with Crippen molar-refractivity contribution in [1.29, 1.82) is 0 Å². The maximum absolute atomic E-state index is 4.89. The molecule has 1 unspecified atom stereocenters. The summed E-state index contributed by atoms with van der Waals surface area (Å²) in [5.74, 6) is 0. The van der Waals surface area contributed by atoms with E-state index in [0.717, 1.165) is 12.1 Å². The molecule has 2 aromatic rings. The van der Waals surface area contributed by atoms with Crippen molar-refractivity contribution >= 4 is 5.71 Å². The lowest BCUT2D eigenvalue weighted by molar-refractivity contribution is 0.728. The Kier molecular flexibility index (Phi) is 2.98. The van der Waals surface area contributed by atoms with Crippen LogP contribution in [0.2, 0.25) is 0 Å². The van der Waals surface area contributed by atoms with Crippen LogP contribution in [0.25, 0.3) is 0 Å². The van der Waals surface area contributed by atoms with E-state index in [2.05, 4.69) is 63.2 Å². The van der Waals surface area contributed by atoms with E-state index in [-0.39, 0.29) is 0 Å². The molecule has 0 bridgehead atoms. The highest BCUT2D eigenvalue weighted by molar-refractivity contribution is 6.14. The second kappa shape index (κ2) is 4.65. The molecule has 2 aromatic carbocycles. The van der Waals surface area contributed by atoms with Crippen LogP contribution >= 0.6 is 0 Å². The van der Waals surface area contributed by atoms with E-state index < -0.39 is 0 Å². The smallest absolute Gasteiger partial charge is 0.0725 e. The Morgan fingerprint density at radius 1 is 1.00 bits per heavy atom. The number of aliphatic imine (C=N–C) groups is 1. The fraction of sp³-hybridized carbons (Fsp3) is 0.278. The number of fused-ring (bicyclic) bond motifs is 1. The Morgan fingerprint density at radius 3 is 2.42 bits per heavy atom. The minimum Gasteiger partial charge on any atom is -0.281 e. The molecule has 0 N–H and O–H groups in total. The maximum atomic E-state index is 4.89. The van der Waals surface area contributed by atoms with Gasteiger partial charge in [0.1, 0.15) is 0 Å². The van der Waals surface area contributed by atoms with Crippen molar-refractivity contribution < 1.29 is 0 Å². The first kappa shape index (κ1) is 12.2. The molecule has 0 radical (unpaired) electrons. The molecular weight excluding hydrogens is 230 g/mol. The van der Waals surface area contributed by atoms with Gasteiger partial charge in [0.25, 0.3) is 0 Å². The largest absolute Gasteiger partial charge is 0.281 e. The van der Waals surface area contributed by atoms with Gasteiger partial charge < -0.3 is 0 Å². The highest BCUT2D eigenvalue weighted by atomic mass is 14.8. The molecule has 0 fully saturated rings. The molecule has 0 aliphatic carbocycles. The Bertz CT molecular complexity index is 632. The van der Waals surface area contributed by atoms with E-state index in [1.54, 1.807) is 0 Å². The van der Waals surface area contributed by atoms with Crippen molar-refractivity contribution in [3.05, 3.63) is 70.3 Å². The van der Waals surface area contributed by atoms with E-state index in [0.29, 0.717) is 6.04 Å². The van der Waals surface area contributed by atoms with Gasteiger partial charge in [0.15, 0.2) is 0 Å². The van der Waals surface area contributed by atoms with Crippen LogP contribution < -0.4 is 0 Å². The zero-order valence-electron chi connectivity index (χ0n) is 11.8. The molecule has 0 aromatic heterocycles. The molecule has 3 rings (SSSR count). The minimum absolute atomic E-state index is 0.366. The molecule has 1 nitrogen and oxygen atoms in total. The summed E-state index contributed by atoms with van der Waals surface area (Å²) in [4.78, 5) is 4.89. The molecule has 1 atom stereocenters. The van der Waals surface area contributed by atoms with Crippen molar-refractivity contribution in [3.63, 3.8) is 0 Å². The molecule has 0 saturated carbocycles. The zero-order valence-corrected chi connectivity index (χ0v) is 11.8. The summed E-state index contributed by atoms with van der Waals surface area (Å²) in [6.07, 6.45) is 1.05. The highest BCUT2D eigenvalue weighted by Gasteiger charge is 2.19. The topological polar surface area (TPSA) is 12.4 Å². The third-order valence-corrected chi connectivity index (χ3v) is 3.63. The van der Waals surface area contributed by atoms with E-state index in [1.807, 2.05) is 0 Å². The molecule has 0 saturated heterocycles. The number of nitrogens with zero attached hydrogens (tertiary/aromatic N) is 1. The fourth-order valence-electron chi connectivity index (χ4n) is 2.92. The predicted molar refractivity (Wildman–Crippen MR) is 81.2 cm³/mol. The van der Waals surface area contributed by atoms with Gasteiger partial charge in [-0.15, -0.1) is 0 Å². The number of rotatable bonds is 1. The standard InChI is InChI=1S/C18H19N/c1-12-8-13(2)10-16(9-12)18-17-7-5-4-6-15(17)11-14(3)19-18/h4-10,14H,11H2,1-3H3. The van der Waals surface area contributed by atoms with Crippen molar-refractivity contribution in [2.24, 2.45) is 4.99 Å². The van der Waals surface area contributed by atoms with Crippen LogP contribution in [0.3, 0.4) is 0 Å². The Hall–Kier alpha value is -1.89. The van der Waals surface area contributed by atoms with E-state index >= 15 is 0 Å². The van der Waals surface area contributed by atoms with Gasteiger partial charge in [-0.25, -0.2) is 0 Å². The van der Waals surface area contributed by atoms with Crippen LogP contribution in [0.5, 0.6) is 0 Å². The first-order valence-electron chi connectivity index (χ1n) is 6.88. The normalized spacial score (nSPS) is 17.8. The van der Waals surface area contributed by atoms with Gasteiger partial charge in [-0.2, -0.15) is 0 Å². The SMILES string of the molecule is Cc1cc(C)cc(C2=NC(C)Cc3ccccc32)c1. The molecule has 1 heteroatoms. The molecule has 1 aliphatic heterocycles. The predicted octanol–water partition coefficient (Wildman–Crippen LogP) is 4.09. The van der Waals surface area contributed by atoms with Gasteiger partial charge in [0.2, 0.25) is 0 Å². The van der Waals surface area contributed by atoms with Crippen molar-refractivity contribution in [3.8, 4) is 0 Å². The molecule has 1 heterocycles. The zero-order chi connectivity index (χ0) is 13.4. The first-order chi connectivity index (χ1) is 9.13. The van der Waals surface area contributed by atoms with Crippen molar-refractivity contribution in [2.75, 3.05) is 0 Å². The Morgan fingerprint density at radius 2 is 1.68 bits per heavy atom. The summed E-state index contributed by atoms with van der Waals surface area (Å²) in [6, 6.07) is 15.7. The van der Waals surface area contributed by atoms with Gasteiger partial charge in [-0.05, 0) is 44.9 Å². The summed E-state index contributed by atoms with van der Waals surface area (Å²) < 4.78 is 0. The van der Waals surface area contributed by atoms with Crippen LogP contribution in [0.1, 0.15) is 34.7 Å². The minimum atomic E-state index is 0.366. The van der Waals surface area contributed by atoms with E-state index in [1.165, 1.54) is 27.8 Å². The Labute approximate surface area is 115 Å². The summed E-state index contributed by atoms with van der Waals surface area (Å²) in [6.45, 7) is 6.49. The number of benzene rings is 2. The second-order valence-corrected chi connectivity index (χ2v) is 5.56. The summed E-state index contributed by atoms with van der Waals surface area (Å²) in [7, 11) is 0. The molecular formula is C18H19N. The first-order valence-corrected chi connectivity index (χ1v) is 6.88. The summed E-state index contributed by atoms with van der Waals surface area (Å²) in [5, 5.41) is 0. The van der Waals surface area contributed by atoms with Gasteiger partial charge in [0, 0.05) is 11.1 Å². The maximum Gasteiger partial charge on any atom is 0.0725 e. The summed E-state index contributed by atoms with van der Waals surface area (Å²) >= 11 is 0. The molecule has 96 valence electrons. The van der Waals surface area contributed by atoms with Crippen LogP contribution in [0.4, 0.5) is 0 Å². The van der Waals surface area contributed by atoms with Crippen molar-refractivity contribution in [2.45, 2.75) is 33.2 Å². The quantitative estimate of drug-likeness (QED) is 0.722. The average Bonchev–Trinajstić information content (AvgIpc) is 2.36. The Balaban J connectivity index is 2.18.